The number of hydrogen-bond acceptors (Lipinski definition) is 3. The Hall–Kier alpha value is -1.10. The molecule has 1 aromatic rings. The lowest BCUT2D eigenvalue weighted by Crippen LogP contribution is -2.03. The molecule has 1 aromatic carbocycles. The highest BCUT2D eigenvalue weighted by atomic mass is 79.9. The second-order valence-electron chi connectivity index (χ2n) is 3.58. The van der Waals surface area contributed by atoms with Crippen LogP contribution < -0.4 is 4.74 Å². The molecule has 16 heavy (non-hydrogen) atoms. The molecule has 0 saturated carbocycles. The monoisotopic (exact) mass is 287 g/mol. The van der Waals surface area contributed by atoms with Crippen LogP contribution in [0.25, 0.3) is 0 Å². The molecular formula is C11H14BrNO3. The number of rotatable bonds is 5. The van der Waals surface area contributed by atoms with E-state index >= 15 is 0 Å². The fourth-order valence-corrected chi connectivity index (χ4v) is 1.71. The Balaban J connectivity index is 2.99. The second-order valence-corrected chi connectivity index (χ2v) is 4.37. The normalized spacial score (nSPS) is 10.2. The van der Waals surface area contributed by atoms with Crippen molar-refractivity contribution in [2.24, 2.45) is 0 Å². The van der Waals surface area contributed by atoms with Gasteiger partial charge in [0.15, 0.2) is 5.75 Å². The molecule has 0 atom stereocenters. The van der Waals surface area contributed by atoms with Gasteiger partial charge in [-0.25, -0.2) is 0 Å². The van der Waals surface area contributed by atoms with E-state index in [1.807, 2.05) is 19.9 Å². The molecule has 4 nitrogen and oxygen atoms in total. The molecule has 0 N–H and O–H groups in total. The van der Waals surface area contributed by atoms with Crippen molar-refractivity contribution in [3.05, 3.63) is 33.4 Å². The highest BCUT2D eigenvalue weighted by Crippen LogP contribution is 2.32. The lowest BCUT2D eigenvalue weighted by atomic mass is 10.1. The van der Waals surface area contributed by atoms with Crippen molar-refractivity contribution in [2.75, 3.05) is 11.9 Å². The summed E-state index contributed by atoms with van der Waals surface area (Å²) in [5.74, 6) is 0.386. The van der Waals surface area contributed by atoms with Crippen molar-refractivity contribution >= 4 is 21.6 Å². The molecule has 0 aromatic heterocycles. The summed E-state index contributed by atoms with van der Waals surface area (Å²) in [5, 5.41) is 11.7. The molecule has 0 aliphatic carbocycles. The van der Waals surface area contributed by atoms with Crippen LogP contribution >= 0.6 is 15.9 Å². The largest absolute Gasteiger partial charge is 0.487 e. The van der Waals surface area contributed by atoms with Gasteiger partial charge in [-0.1, -0.05) is 22.0 Å². The van der Waals surface area contributed by atoms with Gasteiger partial charge in [-0.05, 0) is 31.4 Å². The minimum absolute atomic E-state index is 0.0482. The van der Waals surface area contributed by atoms with E-state index in [4.69, 9.17) is 4.74 Å². The first-order valence-corrected chi connectivity index (χ1v) is 6.12. The molecule has 1 rings (SSSR count). The van der Waals surface area contributed by atoms with Crippen molar-refractivity contribution in [1.82, 2.24) is 0 Å². The molecule has 0 bridgehead atoms. The van der Waals surface area contributed by atoms with Crippen LogP contribution in [0.5, 0.6) is 5.75 Å². The third kappa shape index (κ3) is 3.20. The summed E-state index contributed by atoms with van der Waals surface area (Å²) in [6.45, 7) is 4.14. The molecule has 0 radical (unpaired) electrons. The van der Waals surface area contributed by atoms with Gasteiger partial charge in [0.25, 0.3) is 0 Å². The average Bonchev–Trinajstić information content (AvgIpc) is 2.20. The molecule has 5 heteroatoms. The smallest absolute Gasteiger partial charge is 0.311 e. The Morgan fingerprint density at radius 3 is 2.69 bits per heavy atom. The van der Waals surface area contributed by atoms with E-state index in [9.17, 15) is 10.1 Å². The first-order chi connectivity index (χ1) is 7.56. The number of nitrogens with zero attached hydrogens (tertiary/aromatic N) is 1. The number of halogens is 1. The van der Waals surface area contributed by atoms with Gasteiger partial charge in [-0.2, -0.15) is 0 Å². The summed E-state index contributed by atoms with van der Waals surface area (Å²) >= 11 is 3.29. The SMILES string of the molecule is Cc1cc(C)c(OCCCBr)c([N+](=O)[O-])c1. The predicted octanol–water partition coefficient (Wildman–Crippen LogP) is 3.38. The lowest BCUT2D eigenvalue weighted by Gasteiger charge is -2.09. The van der Waals surface area contributed by atoms with Gasteiger partial charge >= 0.3 is 5.69 Å². The first kappa shape index (κ1) is 13.0. The highest BCUT2D eigenvalue weighted by Gasteiger charge is 2.18. The Kier molecular flexibility index (Phi) is 4.73. The molecule has 0 spiro atoms. The number of aryl methyl sites for hydroxylation is 2. The Labute approximate surface area is 103 Å². The van der Waals surface area contributed by atoms with E-state index in [0.717, 1.165) is 22.9 Å². The molecule has 0 aliphatic heterocycles. The number of alkyl halides is 1. The predicted molar refractivity (Wildman–Crippen MR) is 66.5 cm³/mol. The van der Waals surface area contributed by atoms with E-state index in [2.05, 4.69) is 15.9 Å². The first-order valence-electron chi connectivity index (χ1n) is 5.00. The van der Waals surface area contributed by atoms with Gasteiger partial charge in [-0.15, -0.1) is 0 Å². The maximum absolute atomic E-state index is 10.9. The van der Waals surface area contributed by atoms with Gasteiger partial charge in [0, 0.05) is 11.4 Å². The fraction of sp³-hybridized carbons (Fsp3) is 0.455. The highest BCUT2D eigenvalue weighted by molar-refractivity contribution is 9.09. The number of nitro groups is 1. The molecule has 0 saturated heterocycles. The Morgan fingerprint density at radius 1 is 1.44 bits per heavy atom. The number of hydrogen-bond donors (Lipinski definition) is 0. The van der Waals surface area contributed by atoms with Crippen LogP contribution in [-0.2, 0) is 0 Å². The van der Waals surface area contributed by atoms with Crippen LogP contribution in [0.1, 0.15) is 17.5 Å². The van der Waals surface area contributed by atoms with Gasteiger partial charge in [-0.3, -0.25) is 10.1 Å². The van der Waals surface area contributed by atoms with Crippen molar-refractivity contribution in [1.29, 1.82) is 0 Å². The maximum atomic E-state index is 10.9. The molecule has 0 fully saturated rings. The zero-order chi connectivity index (χ0) is 12.1. The third-order valence-corrected chi connectivity index (χ3v) is 2.68. The lowest BCUT2D eigenvalue weighted by molar-refractivity contribution is -0.386. The summed E-state index contributed by atoms with van der Waals surface area (Å²) in [6, 6.07) is 3.42. The Bertz CT molecular complexity index is 393. The van der Waals surface area contributed by atoms with Gasteiger partial charge < -0.3 is 4.74 Å². The number of benzene rings is 1. The number of ether oxygens (including phenoxy) is 1. The topological polar surface area (TPSA) is 52.4 Å². The van der Waals surface area contributed by atoms with Crippen LogP contribution in [-0.4, -0.2) is 16.9 Å². The number of nitro benzene ring substituents is 1. The van der Waals surface area contributed by atoms with E-state index in [-0.39, 0.29) is 5.69 Å². The molecular weight excluding hydrogens is 274 g/mol. The van der Waals surface area contributed by atoms with Crippen molar-refractivity contribution < 1.29 is 9.66 Å². The quantitative estimate of drug-likeness (QED) is 0.361. The molecule has 0 amide bonds. The second kappa shape index (κ2) is 5.84. The summed E-state index contributed by atoms with van der Waals surface area (Å²) in [6.07, 6.45) is 0.824. The van der Waals surface area contributed by atoms with Gasteiger partial charge in [0.1, 0.15) is 0 Å². The van der Waals surface area contributed by atoms with Gasteiger partial charge in [0.2, 0.25) is 0 Å². The fourth-order valence-electron chi connectivity index (χ4n) is 1.48. The zero-order valence-electron chi connectivity index (χ0n) is 9.33. The average molecular weight is 288 g/mol. The summed E-state index contributed by atoms with van der Waals surface area (Å²) < 4.78 is 5.45. The van der Waals surface area contributed by atoms with Crippen LogP contribution in [0.2, 0.25) is 0 Å². The minimum atomic E-state index is -0.399. The van der Waals surface area contributed by atoms with Crippen LogP contribution in [0.15, 0.2) is 12.1 Å². The van der Waals surface area contributed by atoms with E-state index < -0.39 is 4.92 Å². The summed E-state index contributed by atoms with van der Waals surface area (Å²) in [5.41, 5.74) is 1.73. The Morgan fingerprint density at radius 2 is 2.12 bits per heavy atom. The van der Waals surface area contributed by atoms with Gasteiger partial charge in [0.05, 0.1) is 11.5 Å². The van der Waals surface area contributed by atoms with Crippen LogP contribution in [0, 0.1) is 24.0 Å². The third-order valence-electron chi connectivity index (χ3n) is 2.12. The minimum Gasteiger partial charge on any atom is -0.487 e. The van der Waals surface area contributed by atoms with Crippen molar-refractivity contribution in [3.63, 3.8) is 0 Å². The van der Waals surface area contributed by atoms with Crippen molar-refractivity contribution in [2.45, 2.75) is 20.3 Å². The molecule has 0 unspecified atom stereocenters. The zero-order valence-corrected chi connectivity index (χ0v) is 10.9. The van der Waals surface area contributed by atoms with E-state index in [1.54, 1.807) is 0 Å². The molecule has 0 aliphatic rings. The summed E-state index contributed by atoms with van der Waals surface area (Å²) in [7, 11) is 0. The van der Waals surface area contributed by atoms with E-state index in [1.165, 1.54) is 6.07 Å². The van der Waals surface area contributed by atoms with Crippen LogP contribution in [0.3, 0.4) is 0 Å². The van der Waals surface area contributed by atoms with Crippen LogP contribution in [0.4, 0.5) is 5.69 Å². The van der Waals surface area contributed by atoms with E-state index in [0.29, 0.717) is 12.4 Å². The van der Waals surface area contributed by atoms with Crippen molar-refractivity contribution in [3.8, 4) is 5.75 Å². The maximum Gasteiger partial charge on any atom is 0.311 e. The molecule has 88 valence electrons. The standard InChI is InChI=1S/C11H14BrNO3/c1-8-6-9(2)11(16-5-3-4-12)10(7-8)13(14)15/h6-7H,3-5H2,1-2H3. The molecule has 0 heterocycles. The summed E-state index contributed by atoms with van der Waals surface area (Å²) in [4.78, 5) is 10.5.